The first kappa shape index (κ1) is 14.9. The molecule has 4 heteroatoms. The first-order valence-electron chi connectivity index (χ1n) is 7.01. The fourth-order valence-corrected chi connectivity index (χ4v) is 2.34. The highest BCUT2D eigenvalue weighted by Crippen LogP contribution is 2.30. The van der Waals surface area contributed by atoms with Crippen LogP contribution in [-0.2, 0) is 0 Å². The van der Waals surface area contributed by atoms with E-state index in [0.29, 0.717) is 17.8 Å². The zero-order valence-corrected chi connectivity index (χ0v) is 12.7. The van der Waals surface area contributed by atoms with E-state index < -0.39 is 0 Å². The number of nitrogens with two attached hydrogens (primary N) is 1. The minimum atomic E-state index is -0.0899. The van der Waals surface area contributed by atoms with Gasteiger partial charge in [-0.25, -0.2) is 0 Å². The number of nitrogens with one attached hydrogen (secondary N) is 1. The van der Waals surface area contributed by atoms with Crippen molar-refractivity contribution in [3.63, 3.8) is 0 Å². The highest BCUT2D eigenvalue weighted by atomic mass is 16.1. The summed E-state index contributed by atoms with van der Waals surface area (Å²) in [6, 6.07) is 13.4. The second kappa shape index (κ2) is 6.31. The summed E-state index contributed by atoms with van der Waals surface area (Å²) in [4.78, 5) is 14.2. The summed E-state index contributed by atoms with van der Waals surface area (Å²) < 4.78 is 0. The summed E-state index contributed by atoms with van der Waals surface area (Å²) in [5, 5.41) is 2.84. The summed E-state index contributed by atoms with van der Waals surface area (Å²) >= 11 is 0. The fourth-order valence-electron chi connectivity index (χ4n) is 2.34. The van der Waals surface area contributed by atoms with Crippen LogP contribution in [-0.4, -0.2) is 19.5 Å². The van der Waals surface area contributed by atoms with Gasteiger partial charge >= 0.3 is 0 Å². The van der Waals surface area contributed by atoms with Gasteiger partial charge in [0.1, 0.15) is 0 Å². The van der Waals surface area contributed by atoms with Crippen LogP contribution in [0.3, 0.4) is 0 Å². The van der Waals surface area contributed by atoms with Crippen molar-refractivity contribution in [2.75, 3.05) is 24.2 Å². The van der Waals surface area contributed by atoms with Crippen molar-refractivity contribution < 1.29 is 4.79 Å². The lowest BCUT2D eigenvalue weighted by atomic mass is 10.1. The molecule has 3 N–H and O–H groups in total. The first-order chi connectivity index (χ1) is 10.0. The van der Waals surface area contributed by atoms with Gasteiger partial charge in [0.2, 0.25) is 0 Å². The lowest BCUT2D eigenvalue weighted by Gasteiger charge is -2.24. The predicted molar refractivity (Wildman–Crippen MR) is 88.1 cm³/mol. The van der Waals surface area contributed by atoms with E-state index in [1.165, 1.54) is 0 Å². The lowest BCUT2D eigenvalue weighted by Crippen LogP contribution is -2.25. The van der Waals surface area contributed by atoms with Crippen LogP contribution in [0.4, 0.5) is 17.1 Å². The van der Waals surface area contributed by atoms with Crippen LogP contribution < -0.4 is 16.0 Å². The number of benzene rings is 2. The first-order valence-corrected chi connectivity index (χ1v) is 7.01. The van der Waals surface area contributed by atoms with Gasteiger partial charge in [0, 0.05) is 25.0 Å². The number of rotatable bonds is 4. The Balaban J connectivity index is 2.49. The molecule has 2 rings (SSSR count). The molecule has 0 unspecified atom stereocenters. The van der Waals surface area contributed by atoms with Gasteiger partial charge in [-0.3, -0.25) is 4.79 Å². The van der Waals surface area contributed by atoms with Gasteiger partial charge in [0.05, 0.1) is 11.3 Å². The van der Waals surface area contributed by atoms with E-state index in [4.69, 9.17) is 5.73 Å². The van der Waals surface area contributed by atoms with Crippen molar-refractivity contribution in [1.29, 1.82) is 0 Å². The number of carbonyl (C=O) groups excluding carboxylic acids is 1. The quantitative estimate of drug-likeness (QED) is 0.848. The molecule has 0 aliphatic heterocycles. The van der Waals surface area contributed by atoms with Crippen LogP contribution >= 0.6 is 0 Å². The Morgan fingerprint density at radius 2 is 1.90 bits per heavy atom. The van der Waals surface area contributed by atoms with Crippen molar-refractivity contribution in [3.8, 4) is 0 Å². The van der Waals surface area contributed by atoms with Crippen molar-refractivity contribution in [2.45, 2.75) is 13.8 Å². The zero-order valence-electron chi connectivity index (χ0n) is 12.7. The maximum absolute atomic E-state index is 12.2. The van der Waals surface area contributed by atoms with Crippen LogP contribution in [0.2, 0.25) is 0 Å². The molecule has 0 atom stereocenters. The van der Waals surface area contributed by atoms with E-state index in [2.05, 4.69) is 5.32 Å². The number of hydrogen-bond acceptors (Lipinski definition) is 3. The Morgan fingerprint density at radius 1 is 1.19 bits per heavy atom. The number of nitrogen functional groups attached to an aromatic ring is 1. The summed E-state index contributed by atoms with van der Waals surface area (Å²) in [6.07, 6.45) is 0. The highest BCUT2D eigenvalue weighted by molar-refractivity contribution is 6.01. The topological polar surface area (TPSA) is 58.4 Å². The molecular weight excluding hydrogens is 262 g/mol. The van der Waals surface area contributed by atoms with E-state index in [9.17, 15) is 4.79 Å². The zero-order chi connectivity index (χ0) is 15.4. The molecule has 0 aliphatic carbocycles. The van der Waals surface area contributed by atoms with Crippen LogP contribution in [0.1, 0.15) is 22.8 Å². The Morgan fingerprint density at radius 3 is 2.57 bits per heavy atom. The summed E-state index contributed by atoms with van der Waals surface area (Å²) in [5.41, 5.74) is 10.2. The molecule has 21 heavy (non-hydrogen) atoms. The van der Waals surface area contributed by atoms with Crippen molar-refractivity contribution in [1.82, 2.24) is 5.32 Å². The Labute approximate surface area is 125 Å². The molecule has 0 saturated carbocycles. The smallest absolute Gasteiger partial charge is 0.253 e. The second-order valence-electron chi connectivity index (χ2n) is 4.98. The maximum atomic E-state index is 12.2. The number of amides is 1. The van der Waals surface area contributed by atoms with Gasteiger partial charge in [-0.2, -0.15) is 0 Å². The van der Waals surface area contributed by atoms with Gasteiger partial charge in [0.15, 0.2) is 0 Å². The number of para-hydroxylation sites is 1. The number of hydrogen-bond donors (Lipinski definition) is 2. The molecule has 2 aromatic carbocycles. The Kier molecular flexibility index (Phi) is 4.48. The minimum absolute atomic E-state index is 0.0899. The van der Waals surface area contributed by atoms with Crippen LogP contribution in [0, 0.1) is 6.92 Å². The van der Waals surface area contributed by atoms with E-state index in [0.717, 1.165) is 16.9 Å². The molecule has 2 aromatic rings. The standard InChI is InChI=1S/C17H21N3O/c1-4-19-17(21)14-10-9-13(18)11-16(14)20(3)15-8-6-5-7-12(15)2/h5-11H,4,18H2,1-3H3,(H,19,21). The Bertz CT molecular complexity index is 652. The number of anilines is 3. The number of carbonyl (C=O) groups is 1. The SMILES string of the molecule is CCNC(=O)c1ccc(N)cc1N(C)c1ccccc1C. The monoisotopic (exact) mass is 283 g/mol. The number of aryl methyl sites for hydroxylation is 1. The molecule has 1 amide bonds. The fraction of sp³-hybridized carbons (Fsp3) is 0.235. The molecule has 0 spiro atoms. The van der Waals surface area contributed by atoms with Crippen LogP contribution in [0.5, 0.6) is 0 Å². The summed E-state index contributed by atoms with van der Waals surface area (Å²) in [6.45, 7) is 4.54. The molecule has 0 aromatic heterocycles. The average molecular weight is 283 g/mol. The summed E-state index contributed by atoms with van der Waals surface area (Å²) in [7, 11) is 1.94. The molecule has 0 fully saturated rings. The molecule has 0 saturated heterocycles. The summed E-state index contributed by atoms with van der Waals surface area (Å²) in [5.74, 6) is -0.0899. The number of nitrogens with zero attached hydrogens (tertiary/aromatic N) is 1. The van der Waals surface area contributed by atoms with Crippen molar-refractivity contribution >= 4 is 23.0 Å². The molecular formula is C17H21N3O. The van der Waals surface area contributed by atoms with E-state index in [-0.39, 0.29) is 5.91 Å². The van der Waals surface area contributed by atoms with Crippen LogP contribution in [0.15, 0.2) is 42.5 Å². The average Bonchev–Trinajstić information content (AvgIpc) is 2.47. The van der Waals surface area contributed by atoms with E-state index >= 15 is 0 Å². The molecule has 110 valence electrons. The molecule has 0 radical (unpaired) electrons. The van der Waals surface area contributed by atoms with Crippen LogP contribution in [0.25, 0.3) is 0 Å². The second-order valence-corrected chi connectivity index (χ2v) is 4.98. The van der Waals surface area contributed by atoms with Gasteiger partial charge < -0.3 is 16.0 Å². The predicted octanol–water partition coefficient (Wildman–Crippen LogP) is 3.09. The van der Waals surface area contributed by atoms with E-state index in [1.54, 1.807) is 12.1 Å². The van der Waals surface area contributed by atoms with Gasteiger partial charge in [-0.05, 0) is 43.7 Å². The molecule has 0 aliphatic rings. The molecule has 0 bridgehead atoms. The third-order valence-electron chi connectivity index (χ3n) is 3.44. The maximum Gasteiger partial charge on any atom is 0.253 e. The third-order valence-corrected chi connectivity index (χ3v) is 3.44. The molecule has 0 heterocycles. The molecule has 4 nitrogen and oxygen atoms in total. The van der Waals surface area contributed by atoms with Gasteiger partial charge in [-0.15, -0.1) is 0 Å². The van der Waals surface area contributed by atoms with Crippen molar-refractivity contribution in [3.05, 3.63) is 53.6 Å². The van der Waals surface area contributed by atoms with Gasteiger partial charge in [-0.1, -0.05) is 18.2 Å². The van der Waals surface area contributed by atoms with Crippen molar-refractivity contribution in [2.24, 2.45) is 0 Å². The highest BCUT2D eigenvalue weighted by Gasteiger charge is 2.16. The Hall–Kier alpha value is -2.49. The largest absolute Gasteiger partial charge is 0.399 e. The third kappa shape index (κ3) is 3.16. The normalized spacial score (nSPS) is 10.2. The van der Waals surface area contributed by atoms with Gasteiger partial charge in [0.25, 0.3) is 5.91 Å². The van der Waals surface area contributed by atoms with E-state index in [1.807, 2.05) is 56.1 Å². The minimum Gasteiger partial charge on any atom is -0.399 e. The lowest BCUT2D eigenvalue weighted by molar-refractivity contribution is 0.0956.